The van der Waals surface area contributed by atoms with E-state index in [1.165, 1.54) is 16.8 Å². The van der Waals surface area contributed by atoms with Crippen molar-refractivity contribution in [1.29, 1.82) is 0 Å². The average molecular weight is 297 g/mol. The fraction of sp³-hybridized carbons (Fsp3) is 0.0667. The van der Waals surface area contributed by atoms with Gasteiger partial charge >= 0.3 is 5.97 Å². The Hall–Kier alpha value is -3.22. The number of carbonyl (C=O) groups is 1. The van der Waals surface area contributed by atoms with E-state index in [0.29, 0.717) is 16.5 Å². The fourth-order valence-corrected chi connectivity index (χ4v) is 2.31. The predicted octanol–water partition coefficient (Wildman–Crippen LogP) is 2.62. The first kappa shape index (κ1) is 13.7. The highest BCUT2D eigenvalue weighted by atomic mass is 16.6. The Kier molecular flexibility index (Phi) is 3.30. The number of rotatable bonds is 4. The summed E-state index contributed by atoms with van der Waals surface area (Å²) in [6.45, 7) is 0. The monoisotopic (exact) mass is 297 g/mol. The molecule has 0 aliphatic heterocycles. The summed E-state index contributed by atoms with van der Waals surface area (Å²) in [5.74, 6) is -1.05. The van der Waals surface area contributed by atoms with Gasteiger partial charge in [-0.05, 0) is 11.6 Å². The first-order valence-corrected chi connectivity index (χ1v) is 6.47. The lowest BCUT2D eigenvalue weighted by Gasteiger charge is -2.12. The summed E-state index contributed by atoms with van der Waals surface area (Å²) in [5.41, 5.74) is 0.887. The lowest BCUT2D eigenvalue weighted by atomic mass is 10.1. The van der Waals surface area contributed by atoms with Crippen LogP contribution in [-0.4, -0.2) is 25.8 Å². The van der Waals surface area contributed by atoms with Gasteiger partial charge in [0.05, 0.1) is 10.4 Å². The SMILES string of the molecule is O=C(O)C(c1ccccc1)n1cc2ccc([N+](=O)[O-])cc2n1. The third-order valence-electron chi connectivity index (χ3n) is 3.33. The molecule has 1 heterocycles. The van der Waals surface area contributed by atoms with E-state index in [2.05, 4.69) is 5.10 Å². The maximum Gasteiger partial charge on any atom is 0.333 e. The minimum absolute atomic E-state index is 0.0793. The van der Waals surface area contributed by atoms with E-state index in [9.17, 15) is 20.0 Å². The van der Waals surface area contributed by atoms with Gasteiger partial charge in [-0.1, -0.05) is 30.3 Å². The van der Waals surface area contributed by atoms with Crippen molar-refractivity contribution in [3.63, 3.8) is 0 Å². The zero-order valence-corrected chi connectivity index (χ0v) is 11.3. The molecule has 0 saturated heterocycles. The van der Waals surface area contributed by atoms with Crippen LogP contribution in [0.25, 0.3) is 10.9 Å². The molecule has 3 aromatic rings. The minimum Gasteiger partial charge on any atom is -0.479 e. The molecular formula is C15H11N3O4. The summed E-state index contributed by atoms with van der Waals surface area (Å²) in [4.78, 5) is 21.9. The lowest BCUT2D eigenvalue weighted by Crippen LogP contribution is -2.20. The number of nitrogens with zero attached hydrogens (tertiary/aromatic N) is 3. The molecule has 1 unspecified atom stereocenters. The average Bonchev–Trinajstić information content (AvgIpc) is 2.90. The van der Waals surface area contributed by atoms with Gasteiger partial charge in [-0.3, -0.25) is 14.8 Å². The standard InChI is InChI=1S/C15H11N3O4/c19-15(20)14(10-4-2-1-3-5-10)17-9-11-6-7-12(18(21)22)8-13(11)16-17/h1-9,14H,(H,19,20). The Morgan fingerprint density at radius 3 is 2.59 bits per heavy atom. The van der Waals surface area contributed by atoms with Crippen LogP contribution in [0.5, 0.6) is 0 Å². The van der Waals surface area contributed by atoms with Crippen molar-refractivity contribution >= 4 is 22.6 Å². The van der Waals surface area contributed by atoms with Gasteiger partial charge in [-0.15, -0.1) is 0 Å². The lowest BCUT2D eigenvalue weighted by molar-refractivity contribution is -0.384. The van der Waals surface area contributed by atoms with Crippen molar-refractivity contribution in [3.8, 4) is 0 Å². The molecule has 0 fully saturated rings. The number of carboxylic acids is 1. The summed E-state index contributed by atoms with van der Waals surface area (Å²) in [5, 5.41) is 25.1. The third-order valence-corrected chi connectivity index (χ3v) is 3.33. The van der Waals surface area contributed by atoms with E-state index in [1.807, 2.05) is 0 Å². The second-order valence-electron chi connectivity index (χ2n) is 4.76. The molecule has 0 aliphatic carbocycles. The van der Waals surface area contributed by atoms with Gasteiger partial charge in [0.15, 0.2) is 6.04 Å². The highest BCUT2D eigenvalue weighted by Gasteiger charge is 2.23. The molecule has 110 valence electrons. The third kappa shape index (κ3) is 2.39. The normalized spacial score (nSPS) is 12.2. The van der Waals surface area contributed by atoms with Crippen LogP contribution < -0.4 is 0 Å². The molecule has 0 spiro atoms. The highest BCUT2D eigenvalue weighted by Crippen LogP contribution is 2.24. The number of aliphatic carboxylic acids is 1. The van der Waals surface area contributed by atoms with Crippen LogP contribution in [0.4, 0.5) is 5.69 Å². The Morgan fingerprint density at radius 2 is 1.95 bits per heavy atom. The van der Waals surface area contributed by atoms with Crippen LogP contribution in [-0.2, 0) is 4.79 Å². The van der Waals surface area contributed by atoms with Crippen molar-refractivity contribution in [2.24, 2.45) is 0 Å². The van der Waals surface area contributed by atoms with E-state index in [-0.39, 0.29) is 5.69 Å². The number of nitro benzene ring substituents is 1. The summed E-state index contributed by atoms with van der Waals surface area (Å²) < 4.78 is 1.31. The van der Waals surface area contributed by atoms with Crippen molar-refractivity contribution in [2.75, 3.05) is 0 Å². The number of hydrogen-bond donors (Lipinski definition) is 1. The molecule has 1 N–H and O–H groups in total. The highest BCUT2D eigenvalue weighted by molar-refractivity contribution is 5.82. The van der Waals surface area contributed by atoms with Gasteiger partial charge in [0.2, 0.25) is 0 Å². The predicted molar refractivity (Wildman–Crippen MR) is 78.6 cm³/mol. The smallest absolute Gasteiger partial charge is 0.333 e. The quantitative estimate of drug-likeness (QED) is 0.589. The maximum atomic E-state index is 11.6. The summed E-state index contributed by atoms with van der Waals surface area (Å²) >= 11 is 0. The molecule has 3 rings (SSSR count). The Labute approximate surface area is 124 Å². The van der Waals surface area contributed by atoms with Crippen molar-refractivity contribution in [2.45, 2.75) is 6.04 Å². The van der Waals surface area contributed by atoms with E-state index < -0.39 is 16.9 Å². The van der Waals surface area contributed by atoms with Crippen molar-refractivity contribution in [3.05, 3.63) is 70.4 Å². The molecule has 1 atom stereocenters. The molecule has 2 aromatic carbocycles. The van der Waals surface area contributed by atoms with E-state index in [4.69, 9.17) is 0 Å². The molecule has 7 nitrogen and oxygen atoms in total. The number of aromatic nitrogens is 2. The van der Waals surface area contributed by atoms with Gasteiger partial charge < -0.3 is 5.11 Å². The molecule has 22 heavy (non-hydrogen) atoms. The van der Waals surface area contributed by atoms with Crippen molar-refractivity contribution < 1.29 is 14.8 Å². The number of hydrogen-bond acceptors (Lipinski definition) is 4. The second kappa shape index (κ2) is 5.28. The van der Waals surface area contributed by atoms with Crippen LogP contribution in [0.2, 0.25) is 0 Å². The van der Waals surface area contributed by atoms with Gasteiger partial charge in [0.1, 0.15) is 0 Å². The second-order valence-corrected chi connectivity index (χ2v) is 4.76. The zero-order valence-electron chi connectivity index (χ0n) is 11.3. The summed E-state index contributed by atoms with van der Waals surface area (Å²) in [6.07, 6.45) is 1.57. The Morgan fingerprint density at radius 1 is 1.23 bits per heavy atom. The summed E-state index contributed by atoms with van der Waals surface area (Å²) in [7, 11) is 0. The van der Waals surface area contributed by atoms with Crippen LogP contribution >= 0.6 is 0 Å². The Bertz CT molecular complexity index is 858. The molecule has 0 saturated carbocycles. The number of carboxylic acid groups (broad SMARTS) is 1. The molecule has 0 aliphatic rings. The van der Waals surface area contributed by atoms with Gasteiger partial charge in [0.25, 0.3) is 5.69 Å². The van der Waals surface area contributed by atoms with Crippen LogP contribution in [0.1, 0.15) is 11.6 Å². The zero-order chi connectivity index (χ0) is 15.7. The van der Waals surface area contributed by atoms with Crippen LogP contribution in [0.3, 0.4) is 0 Å². The Balaban J connectivity index is 2.11. The maximum absolute atomic E-state index is 11.6. The van der Waals surface area contributed by atoms with Gasteiger partial charge in [-0.25, -0.2) is 4.79 Å². The van der Waals surface area contributed by atoms with Gasteiger partial charge in [0, 0.05) is 23.7 Å². The largest absolute Gasteiger partial charge is 0.479 e. The number of nitro groups is 1. The summed E-state index contributed by atoms with van der Waals surface area (Å²) in [6, 6.07) is 12.0. The fourth-order valence-electron chi connectivity index (χ4n) is 2.31. The molecule has 0 radical (unpaired) electrons. The molecular weight excluding hydrogens is 286 g/mol. The van der Waals surface area contributed by atoms with Crippen molar-refractivity contribution in [1.82, 2.24) is 9.78 Å². The molecule has 1 aromatic heterocycles. The molecule has 0 bridgehead atoms. The minimum atomic E-state index is -1.05. The van der Waals surface area contributed by atoms with Crippen LogP contribution in [0.15, 0.2) is 54.7 Å². The van der Waals surface area contributed by atoms with E-state index in [0.717, 1.165) is 0 Å². The molecule has 0 amide bonds. The van der Waals surface area contributed by atoms with Crippen LogP contribution in [0, 0.1) is 10.1 Å². The number of benzene rings is 2. The first-order chi connectivity index (χ1) is 10.6. The topological polar surface area (TPSA) is 98.3 Å². The van der Waals surface area contributed by atoms with E-state index in [1.54, 1.807) is 42.6 Å². The van der Waals surface area contributed by atoms with Gasteiger partial charge in [-0.2, -0.15) is 5.10 Å². The number of non-ortho nitro benzene ring substituents is 1. The van der Waals surface area contributed by atoms with E-state index >= 15 is 0 Å². The first-order valence-electron chi connectivity index (χ1n) is 6.47. The molecule has 7 heteroatoms. The number of fused-ring (bicyclic) bond motifs is 1.